The fourth-order valence-corrected chi connectivity index (χ4v) is 2.78. The second-order valence-electron chi connectivity index (χ2n) is 5.84. The lowest BCUT2D eigenvalue weighted by Crippen LogP contribution is -2.31. The number of methoxy groups -OCH3 is 1. The molecule has 0 aliphatic heterocycles. The minimum absolute atomic E-state index is 0.145. The predicted octanol–water partition coefficient (Wildman–Crippen LogP) is 3.34. The Morgan fingerprint density at radius 1 is 1.27 bits per heavy atom. The van der Waals surface area contributed by atoms with Crippen LogP contribution in [-0.4, -0.2) is 25.2 Å². The van der Waals surface area contributed by atoms with Crippen LogP contribution in [0.5, 0.6) is 5.75 Å². The molecule has 122 valence electrons. The first-order chi connectivity index (χ1) is 10.6. The molecule has 0 aromatic heterocycles. The van der Waals surface area contributed by atoms with Crippen molar-refractivity contribution in [3.63, 3.8) is 0 Å². The number of amides is 1. The van der Waals surface area contributed by atoms with Gasteiger partial charge < -0.3 is 20.5 Å². The van der Waals surface area contributed by atoms with E-state index in [4.69, 9.17) is 15.2 Å². The minimum Gasteiger partial charge on any atom is -0.495 e. The van der Waals surface area contributed by atoms with E-state index in [2.05, 4.69) is 5.32 Å². The molecule has 5 nitrogen and oxygen atoms in total. The van der Waals surface area contributed by atoms with Crippen molar-refractivity contribution in [2.75, 3.05) is 18.2 Å². The van der Waals surface area contributed by atoms with E-state index in [1.807, 2.05) is 0 Å². The Hall–Kier alpha value is -1.75. The summed E-state index contributed by atoms with van der Waals surface area (Å²) in [5, 5.41) is 2.84. The second kappa shape index (κ2) is 8.03. The van der Waals surface area contributed by atoms with Gasteiger partial charge in [0, 0.05) is 5.69 Å². The highest BCUT2D eigenvalue weighted by Crippen LogP contribution is 2.25. The maximum atomic E-state index is 12.2. The zero-order valence-corrected chi connectivity index (χ0v) is 13.4. The van der Waals surface area contributed by atoms with Crippen LogP contribution in [0.4, 0.5) is 11.4 Å². The van der Waals surface area contributed by atoms with E-state index in [9.17, 15) is 4.79 Å². The fourth-order valence-electron chi connectivity index (χ4n) is 2.78. The fraction of sp³-hybridized carbons (Fsp3) is 0.588. The zero-order valence-electron chi connectivity index (χ0n) is 13.4. The topological polar surface area (TPSA) is 73.6 Å². The summed E-state index contributed by atoms with van der Waals surface area (Å²) in [4.78, 5) is 12.2. The lowest BCUT2D eigenvalue weighted by molar-refractivity contribution is -0.130. The summed E-state index contributed by atoms with van der Waals surface area (Å²) >= 11 is 0. The Morgan fingerprint density at radius 2 is 1.95 bits per heavy atom. The molecule has 0 heterocycles. The molecule has 5 heteroatoms. The van der Waals surface area contributed by atoms with Crippen molar-refractivity contribution in [2.45, 2.75) is 57.7 Å². The van der Waals surface area contributed by atoms with Gasteiger partial charge in [-0.3, -0.25) is 4.79 Å². The van der Waals surface area contributed by atoms with Gasteiger partial charge in [-0.05, 0) is 38.0 Å². The summed E-state index contributed by atoms with van der Waals surface area (Å²) in [6.07, 6.45) is 6.75. The van der Waals surface area contributed by atoms with Crippen LogP contribution in [-0.2, 0) is 9.53 Å². The Bertz CT molecular complexity index is 497. The molecular formula is C17H26N2O3. The van der Waals surface area contributed by atoms with Crippen molar-refractivity contribution in [2.24, 2.45) is 0 Å². The molecule has 1 saturated carbocycles. The van der Waals surface area contributed by atoms with Gasteiger partial charge in [-0.15, -0.1) is 0 Å². The van der Waals surface area contributed by atoms with Crippen molar-refractivity contribution in [3.8, 4) is 5.75 Å². The highest BCUT2D eigenvalue weighted by atomic mass is 16.5. The Morgan fingerprint density at radius 3 is 2.55 bits per heavy atom. The first kappa shape index (κ1) is 16.6. The largest absolute Gasteiger partial charge is 0.495 e. The molecule has 3 N–H and O–H groups in total. The van der Waals surface area contributed by atoms with Gasteiger partial charge in [-0.25, -0.2) is 0 Å². The lowest BCUT2D eigenvalue weighted by Gasteiger charge is -2.20. The van der Waals surface area contributed by atoms with Crippen LogP contribution in [0, 0.1) is 0 Å². The summed E-state index contributed by atoms with van der Waals surface area (Å²) in [5.41, 5.74) is 6.99. The van der Waals surface area contributed by atoms with E-state index >= 15 is 0 Å². The Kier molecular flexibility index (Phi) is 6.07. The number of anilines is 2. The second-order valence-corrected chi connectivity index (χ2v) is 5.84. The van der Waals surface area contributed by atoms with E-state index in [0.29, 0.717) is 17.1 Å². The van der Waals surface area contributed by atoms with Crippen LogP contribution < -0.4 is 15.8 Å². The van der Waals surface area contributed by atoms with Gasteiger partial charge in [0.25, 0.3) is 5.91 Å². The minimum atomic E-state index is -0.466. The van der Waals surface area contributed by atoms with Crippen LogP contribution in [0.15, 0.2) is 18.2 Å². The van der Waals surface area contributed by atoms with Crippen LogP contribution in [0.1, 0.15) is 45.4 Å². The number of nitrogens with one attached hydrogen (secondary N) is 1. The van der Waals surface area contributed by atoms with E-state index in [1.54, 1.807) is 32.2 Å². The summed E-state index contributed by atoms with van der Waals surface area (Å²) in [6.45, 7) is 1.80. The predicted molar refractivity (Wildman–Crippen MR) is 88.1 cm³/mol. The number of carbonyl (C=O) groups is 1. The maximum absolute atomic E-state index is 12.2. The number of rotatable bonds is 5. The van der Waals surface area contributed by atoms with Crippen LogP contribution in [0.2, 0.25) is 0 Å². The smallest absolute Gasteiger partial charge is 0.253 e. The highest BCUT2D eigenvalue weighted by Gasteiger charge is 2.20. The molecule has 1 aromatic rings. The van der Waals surface area contributed by atoms with Crippen molar-refractivity contribution in [3.05, 3.63) is 18.2 Å². The number of benzene rings is 1. The summed E-state index contributed by atoms with van der Waals surface area (Å²) in [7, 11) is 1.56. The average molecular weight is 306 g/mol. The first-order valence-electron chi connectivity index (χ1n) is 8.00. The molecule has 0 saturated heterocycles. The molecule has 1 aliphatic carbocycles. The average Bonchev–Trinajstić information content (AvgIpc) is 2.76. The number of hydrogen-bond acceptors (Lipinski definition) is 4. The van der Waals surface area contributed by atoms with E-state index in [1.165, 1.54) is 25.7 Å². The van der Waals surface area contributed by atoms with Crippen LogP contribution in [0.25, 0.3) is 0 Å². The number of ether oxygens (including phenoxy) is 2. The van der Waals surface area contributed by atoms with Gasteiger partial charge in [0.2, 0.25) is 0 Å². The number of nitrogen functional groups attached to an aromatic ring is 1. The standard InChI is InChI=1S/C17H26N2O3/c1-12(22-14-7-5-3-4-6-8-14)17(20)19-13-9-10-16(21-2)15(18)11-13/h9-12,14H,3-8,18H2,1-2H3,(H,19,20). The van der Waals surface area contributed by atoms with E-state index in [-0.39, 0.29) is 12.0 Å². The van der Waals surface area contributed by atoms with Crippen LogP contribution >= 0.6 is 0 Å². The zero-order chi connectivity index (χ0) is 15.9. The van der Waals surface area contributed by atoms with E-state index < -0.39 is 6.10 Å². The maximum Gasteiger partial charge on any atom is 0.253 e. The third-order valence-corrected chi connectivity index (χ3v) is 4.07. The van der Waals surface area contributed by atoms with Gasteiger partial charge in [0.1, 0.15) is 11.9 Å². The SMILES string of the molecule is COc1ccc(NC(=O)C(C)OC2CCCCCC2)cc1N. The Balaban J connectivity index is 1.89. The van der Waals surface area contributed by atoms with Gasteiger partial charge in [0.15, 0.2) is 0 Å². The number of nitrogens with two attached hydrogens (primary N) is 1. The molecule has 22 heavy (non-hydrogen) atoms. The Labute approximate surface area is 132 Å². The first-order valence-corrected chi connectivity index (χ1v) is 8.00. The molecule has 1 unspecified atom stereocenters. The number of carbonyl (C=O) groups excluding carboxylic acids is 1. The third-order valence-electron chi connectivity index (χ3n) is 4.07. The van der Waals surface area contributed by atoms with Gasteiger partial charge >= 0.3 is 0 Å². The molecule has 1 aliphatic rings. The van der Waals surface area contributed by atoms with Gasteiger partial charge in [-0.2, -0.15) is 0 Å². The number of hydrogen-bond donors (Lipinski definition) is 2. The normalized spacial score (nSPS) is 17.5. The summed E-state index contributed by atoms with van der Waals surface area (Å²) in [6, 6.07) is 5.20. The molecule has 1 aromatic carbocycles. The monoisotopic (exact) mass is 306 g/mol. The van der Waals surface area contributed by atoms with Gasteiger partial charge in [0.05, 0.1) is 18.9 Å². The molecule has 1 amide bonds. The van der Waals surface area contributed by atoms with E-state index in [0.717, 1.165) is 12.8 Å². The summed E-state index contributed by atoms with van der Waals surface area (Å²) < 4.78 is 11.0. The molecule has 1 fully saturated rings. The molecular weight excluding hydrogens is 280 g/mol. The molecule has 1 atom stereocenters. The van der Waals surface area contributed by atoms with Crippen molar-refractivity contribution in [1.82, 2.24) is 0 Å². The molecule has 0 spiro atoms. The third kappa shape index (κ3) is 4.63. The molecule has 0 radical (unpaired) electrons. The van der Waals surface area contributed by atoms with Crippen molar-refractivity contribution >= 4 is 17.3 Å². The molecule has 0 bridgehead atoms. The van der Waals surface area contributed by atoms with Crippen LogP contribution in [0.3, 0.4) is 0 Å². The lowest BCUT2D eigenvalue weighted by atomic mass is 10.1. The summed E-state index contributed by atoms with van der Waals surface area (Å²) in [5.74, 6) is 0.453. The molecule has 2 rings (SSSR count). The highest BCUT2D eigenvalue weighted by molar-refractivity contribution is 5.94. The van der Waals surface area contributed by atoms with Crippen molar-refractivity contribution < 1.29 is 14.3 Å². The van der Waals surface area contributed by atoms with Crippen molar-refractivity contribution in [1.29, 1.82) is 0 Å². The quantitative estimate of drug-likeness (QED) is 0.646. The van der Waals surface area contributed by atoms with Gasteiger partial charge in [-0.1, -0.05) is 25.7 Å².